The second-order valence-electron chi connectivity index (χ2n) is 5.59. The maximum absolute atomic E-state index is 12.3. The highest BCUT2D eigenvalue weighted by atomic mass is 79.9. The van der Waals surface area contributed by atoms with Gasteiger partial charge in [0.05, 0.1) is 13.2 Å². The molecule has 0 amide bonds. The van der Waals surface area contributed by atoms with Crippen molar-refractivity contribution in [3.05, 3.63) is 13.6 Å². The van der Waals surface area contributed by atoms with Crippen molar-refractivity contribution in [2.24, 2.45) is 5.92 Å². The third kappa shape index (κ3) is 4.51. The third-order valence-electron chi connectivity index (χ3n) is 4.12. The zero-order valence-corrected chi connectivity index (χ0v) is 16.5. The van der Waals surface area contributed by atoms with Gasteiger partial charge in [0.1, 0.15) is 4.90 Å². The van der Waals surface area contributed by atoms with Crippen molar-refractivity contribution in [1.29, 1.82) is 0 Å². The van der Waals surface area contributed by atoms with Crippen LogP contribution in [0.1, 0.15) is 39.0 Å². The predicted molar refractivity (Wildman–Crippen MR) is 92.1 cm³/mol. The monoisotopic (exact) mass is 459 g/mol. The zero-order valence-electron chi connectivity index (χ0n) is 11.7. The van der Waals surface area contributed by atoms with E-state index < -0.39 is 15.6 Å². The number of hydrogen-bond donors (Lipinski definition) is 2. The summed E-state index contributed by atoms with van der Waals surface area (Å²) in [5.74, 6) is 0.656. The van der Waals surface area contributed by atoms with Crippen molar-refractivity contribution in [3.8, 4) is 0 Å². The van der Waals surface area contributed by atoms with Gasteiger partial charge < -0.3 is 5.11 Å². The number of aliphatic hydroxyl groups is 1. The maximum atomic E-state index is 12.3. The summed E-state index contributed by atoms with van der Waals surface area (Å²) in [4.78, 5) is 0.213. The summed E-state index contributed by atoms with van der Waals surface area (Å²) < 4.78 is 28.5. The molecule has 0 aromatic carbocycles. The molecule has 0 spiro atoms. The molecule has 1 saturated carbocycles. The van der Waals surface area contributed by atoms with Gasteiger partial charge in [-0.05, 0) is 69.5 Å². The fourth-order valence-corrected chi connectivity index (χ4v) is 7.54. The molecule has 1 aliphatic rings. The molecule has 0 unspecified atom stereocenters. The fraction of sp³-hybridized carbons (Fsp3) is 0.692. The Kier molecular flexibility index (Phi) is 5.93. The van der Waals surface area contributed by atoms with Crippen molar-refractivity contribution >= 4 is 53.2 Å². The fourth-order valence-electron chi connectivity index (χ4n) is 2.62. The number of hydrogen-bond acceptors (Lipinski definition) is 4. The Bertz CT molecular complexity index is 593. The van der Waals surface area contributed by atoms with E-state index in [1.54, 1.807) is 6.07 Å². The van der Waals surface area contributed by atoms with E-state index in [0.717, 1.165) is 23.0 Å². The number of rotatable bonds is 5. The maximum Gasteiger partial charge on any atom is 0.242 e. The van der Waals surface area contributed by atoms with Crippen LogP contribution in [0.2, 0.25) is 0 Å². The smallest absolute Gasteiger partial charge is 0.242 e. The van der Waals surface area contributed by atoms with E-state index in [0.29, 0.717) is 22.5 Å². The average Bonchev–Trinajstić information content (AvgIpc) is 2.78. The lowest BCUT2D eigenvalue weighted by atomic mass is 9.78. The first-order valence-corrected chi connectivity index (χ1v) is 10.8. The van der Waals surface area contributed by atoms with E-state index in [-0.39, 0.29) is 11.4 Å². The van der Waals surface area contributed by atoms with Gasteiger partial charge in [-0.25, -0.2) is 13.1 Å². The van der Waals surface area contributed by atoms with E-state index in [1.165, 1.54) is 11.3 Å². The molecular weight excluding hydrogens is 442 g/mol. The van der Waals surface area contributed by atoms with Crippen molar-refractivity contribution in [3.63, 3.8) is 0 Å². The van der Waals surface area contributed by atoms with Crippen molar-refractivity contribution < 1.29 is 13.5 Å². The van der Waals surface area contributed by atoms with Crippen LogP contribution in [0, 0.1) is 5.92 Å². The minimum atomic E-state index is -3.60. The molecule has 4 nitrogen and oxygen atoms in total. The molecule has 0 bridgehead atoms. The Hall–Kier alpha value is 0.530. The molecule has 1 heterocycles. The molecule has 120 valence electrons. The minimum absolute atomic E-state index is 0.0751. The van der Waals surface area contributed by atoms with Gasteiger partial charge in [-0.3, -0.25) is 0 Å². The van der Waals surface area contributed by atoms with Crippen LogP contribution in [0.25, 0.3) is 0 Å². The number of nitrogens with one attached hydrogen (secondary N) is 1. The summed E-state index contributed by atoms with van der Waals surface area (Å²) in [6.07, 6.45) is 4.35. The van der Waals surface area contributed by atoms with E-state index >= 15 is 0 Å². The Morgan fingerprint density at radius 3 is 2.52 bits per heavy atom. The van der Waals surface area contributed by atoms with E-state index in [1.807, 2.05) is 0 Å². The Morgan fingerprint density at radius 2 is 2.05 bits per heavy atom. The van der Waals surface area contributed by atoms with E-state index in [4.69, 9.17) is 0 Å². The summed E-state index contributed by atoms with van der Waals surface area (Å²) in [6, 6.07) is 1.56. The van der Waals surface area contributed by atoms with Crippen LogP contribution >= 0.6 is 43.2 Å². The average molecular weight is 461 g/mol. The van der Waals surface area contributed by atoms with Crippen LogP contribution in [0.4, 0.5) is 0 Å². The quantitative estimate of drug-likeness (QED) is 0.700. The van der Waals surface area contributed by atoms with Crippen LogP contribution < -0.4 is 4.72 Å². The highest BCUT2D eigenvalue weighted by Crippen LogP contribution is 2.36. The van der Waals surface area contributed by atoms with Crippen LogP contribution in [0.5, 0.6) is 0 Å². The molecule has 1 fully saturated rings. The Balaban J connectivity index is 2.00. The summed E-state index contributed by atoms with van der Waals surface area (Å²) >= 11 is 7.84. The molecule has 1 aromatic rings. The topological polar surface area (TPSA) is 66.4 Å². The molecule has 0 saturated heterocycles. The zero-order chi connectivity index (χ0) is 15.7. The highest BCUT2D eigenvalue weighted by molar-refractivity contribution is 9.12. The highest BCUT2D eigenvalue weighted by Gasteiger charge is 2.34. The summed E-state index contributed by atoms with van der Waals surface area (Å²) in [5.41, 5.74) is -0.918. The number of sulfonamides is 1. The van der Waals surface area contributed by atoms with Gasteiger partial charge in [0.25, 0.3) is 0 Å². The third-order valence-corrected chi connectivity index (χ3v) is 8.28. The first-order valence-electron chi connectivity index (χ1n) is 6.92. The van der Waals surface area contributed by atoms with Crippen molar-refractivity contribution in [2.45, 2.75) is 49.5 Å². The minimum Gasteiger partial charge on any atom is -0.389 e. The molecule has 0 aliphatic heterocycles. The van der Waals surface area contributed by atoms with Gasteiger partial charge >= 0.3 is 0 Å². The van der Waals surface area contributed by atoms with Crippen LogP contribution in [-0.4, -0.2) is 25.7 Å². The normalized spacial score (nSPS) is 27.0. The van der Waals surface area contributed by atoms with Crippen molar-refractivity contribution in [1.82, 2.24) is 4.72 Å². The molecule has 21 heavy (non-hydrogen) atoms. The molecule has 2 N–H and O–H groups in total. The first-order chi connectivity index (χ1) is 9.76. The van der Waals surface area contributed by atoms with Gasteiger partial charge in [-0.1, -0.05) is 13.3 Å². The summed E-state index contributed by atoms with van der Waals surface area (Å²) in [7, 11) is -3.60. The van der Waals surface area contributed by atoms with Gasteiger partial charge in [0, 0.05) is 6.54 Å². The lowest BCUT2D eigenvalue weighted by Crippen LogP contribution is -2.45. The number of thiophene rings is 1. The standard InChI is InChI=1S/C13H19Br2NO3S2/c1-2-9-3-5-13(17,6-4-9)8-16-21(18,19)10-7-11(14)20-12(10)15/h7,9,16-17H,2-6,8H2,1H3. The molecule has 0 radical (unpaired) electrons. The Morgan fingerprint density at radius 1 is 1.43 bits per heavy atom. The first kappa shape index (κ1) is 17.9. The second-order valence-corrected chi connectivity index (χ2v) is 11.1. The molecule has 8 heteroatoms. The number of halogens is 2. The molecule has 0 atom stereocenters. The Labute approximate surface area is 146 Å². The van der Waals surface area contributed by atoms with Crippen molar-refractivity contribution in [2.75, 3.05) is 6.54 Å². The SMILES string of the molecule is CCC1CCC(O)(CNS(=O)(=O)c2cc(Br)sc2Br)CC1. The van der Waals surface area contributed by atoms with Crippen LogP contribution in [0.3, 0.4) is 0 Å². The summed E-state index contributed by atoms with van der Waals surface area (Å²) in [6.45, 7) is 2.23. The van der Waals surface area contributed by atoms with Gasteiger partial charge in [0.15, 0.2) is 0 Å². The largest absolute Gasteiger partial charge is 0.389 e. The lowest BCUT2D eigenvalue weighted by Gasteiger charge is -2.35. The van der Waals surface area contributed by atoms with Gasteiger partial charge in [0.2, 0.25) is 10.0 Å². The molecular formula is C13H19Br2NO3S2. The molecule has 1 aliphatic carbocycles. The van der Waals surface area contributed by atoms with E-state index in [9.17, 15) is 13.5 Å². The lowest BCUT2D eigenvalue weighted by molar-refractivity contribution is -0.00442. The van der Waals surface area contributed by atoms with E-state index in [2.05, 4.69) is 43.5 Å². The molecule has 2 rings (SSSR count). The van der Waals surface area contributed by atoms with Crippen LogP contribution in [-0.2, 0) is 10.0 Å². The second kappa shape index (κ2) is 6.97. The summed E-state index contributed by atoms with van der Waals surface area (Å²) in [5, 5.41) is 10.5. The van der Waals surface area contributed by atoms with Gasteiger partial charge in [-0.2, -0.15) is 0 Å². The molecule has 1 aromatic heterocycles. The van der Waals surface area contributed by atoms with Gasteiger partial charge in [-0.15, -0.1) is 11.3 Å². The predicted octanol–water partition coefficient (Wildman–Crippen LogP) is 3.88. The van der Waals surface area contributed by atoms with Crippen LogP contribution in [0.15, 0.2) is 18.5 Å².